The Kier molecular flexibility index (Phi) is 4.53. The van der Waals surface area contributed by atoms with Crippen LogP contribution >= 0.6 is 0 Å². The zero-order valence-corrected chi connectivity index (χ0v) is 13.9. The first-order valence-corrected chi connectivity index (χ1v) is 7.83. The number of hydrogen-bond acceptors (Lipinski definition) is 3. The van der Waals surface area contributed by atoms with Gasteiger partial charge in [-0.2, -0.15) is 0 Å². The Bertz CT molecular complexity index is 869. The van der Waals surface area contributed by atoms with Gasteiger partial charge in [0.05, 0.1) is 19.0 Å². The highest BCUT2D eigenvalue weighted by Crippen LogP contribution is 2.34. The van der Waals surface area contributed by atoms with Crippen molar-refractivity contribution in [2.24, 2.45) is 5.84 Å². The molecule has 0 radical (unpaired) electrons. The first kappa shape index (κ1) is 16.1. The average Bonchev–Trinajstić information content (AvgIpc) is 2.88. The normalized spacial score (nSPS) is 10.8. The number of carbonyl (C=O) groups excluding carboxylic acids is 1. The van der Waals surface area contributed by atoms with Crippen molar-refractivity contribution in [2.45, 2.75) is 19.9 Å². The van der Waals surface area contributed by atoms with Crippen LogP contribution in [0.25, 0.3) is 10.9 Å². The summed E-state index contributed by atoms with van der Waals surface area (Å²) >= 11 is 0. The molecular formula is C19H21N3O2. The minimum atomic E-state index is -0.220. The fraction of sp³-hybridized carbons (Fsp3) is 0.211. The summed E-state index contributed by atoms with van der Waals surface area (Å²) in [4.78, 5) is 11.9. The molecule has 0 spiro atoms. The molecule has 1 heterocycles. The molecule has 0 atom stereocenters. The highest BCUT2D eigenvalue weighted by molar-refractivity contribution is 5.94. The largest absolute Gasteiger partial charge is 0.496 e. The van der Waals surface area contributed by atoms with Crippen molar-refractivity contribution in [1.29, 1.82) is 0 Å². The summed E-state index contributed by atoms with van der Waals surface area (Å²) in [6.07, 6.45) is 0.223. The van der Waals surface area contributed by atoms with Gasteiger partial charge >= 0.3 is 0 Å². The number of rotatable bonds is 5. The van der Waals surface area contributed by atoms with Gasteiger partial charge < -0.3 is 9.30 Å². The molecule has 0 unspecified atom stereocenters. The number of hydrazine groups is 1. The summed E-state index contributed by atoms with van der Waals surface area (Å²) < 4.78 is 7.74. The number of carbonyl (C=O) groups is 1. The zero-order chi connectivity index (χ0) is 17.1. The number of aromatic nitrogens is 1. The van der Waals surface area contributed by atoms with Gasteiger partial charge in [0.15, 0.2) is 0 Å². The van der Waals surface area contributed by atoms with E-state index >= 15 is 0 Å². The predicted octanol–water partition coefficient (Wildman–Crippen LogP) is 2.54. The van der Waals surface area contributed by atoms with E-state index in [2.05, 4.69) is 28.2 Å². The minimum Gasteiger partial charge on any atom is -0.496 e. The Morgan fingerprint density at radius 1 is 1.17 bits per heavy atom. The highest BCUT2D eigenvalue weighted by atomic mass is 16.5. The molecule has 0 aliphatic rings. The van der Waals surface area contributed by atoms with Gasteiger partial charge in [-0.05, 0) is 30.2 Å². The van der Waals surface area contributed by atoms with Crippen LogP contribution in [0.5, 0.6) is 5.75 Å². The molecule has 0 saturated heterocycles. The summed E-state index contributed by atoms with van der Waals surface area (Å²) in [5, 5.41) is 0.969. The molecule has 5 heteroatoms. The van der Waals surface area contributed by atoms with Gasteiger partial charge in [-0.25, -0.2) is 5.84 Å². The molecule has 1 amide bonds. The third-order valence-corrected chi connectivity index (χ3v) is 4.34. The topological polar surface area (TPSA) is 69.3 Å². The van der Waals surface area contributed by atoms with Crippen molar-refractivity contribution in [2.75, 3.05) is 7.11 Å². The molecule has 0 aliphatic heterocycles. The lowest BCUT2D eigenvalue weighted by Crippen LogP contribution is -2.31. The Balaban J connectivity index is 2.18. The average molecular weight is 323 g/mol. The number of fused-ring (bicyclic) bond motifs is 1. The highest BCUT2D eigenvalue weighted by Gasteiger charge is 2.19. The SMILES string of the molecule is COc1cccc2c1c(CC(=O)NN)c(C)n2Cc1ccccc1. The smallest absolute Gasteiger partial charge is 0.238 e. The van der Waals surface area contributed by atoms with Crippen LogP contribution in [-0.2, 0) is 17.8 Å². The van der Waals surface area contributed by atoms with E-state index in [-0.39, 0.29) is 12.3 Å². The first-order valence-electron chi connectivity index (χ1n) is 7.83. The van der Waals surface area contributed by atoms with E-state index in [1.54, 1.807) is 7.11 Å². The zero-order valence-electron chi connectivity index (χ0n) is 13.9. The van der Waals surface area contributed by atoms with E-state index in [0.717, 1.165) is 34.5 Å². The summed E-state index contributed by atoms with van der Waals surface area (Å²) in [7, 11) is 1.64. The molecule has 3 N–H and O–H groups in total. The third-order valence-electron chi connectivity index (χ3n) is 4.34. The van der Waals surface area contributed by atoms with E-state index in [1.165, 1.54) is 5.56 Å². The number of ether oxygens (including phenoxy) is 1. The molecule has 3 aromatic rings. The van der Waals surface area contributed by atoms with Gasteiger partial charge in [0.1, 0.15) is 5.75 Å². The second kappa shape index (κ2) is 6.76. The molecule has 5 nitrogen and oxygen atoms in total. The number of methoxy groups -OCH3 is 1. The number of nitrogens with zero attached hydrogens (tertiary/aromatic N) is 1. The van der Waals surface area contributed by atoms with E-state index in [1.807, 2.05) is 37.3 Å². The number of benzene rings is 2. The fourth-order valence-electron chi connectivity index (χ4n) is 3.14. The van der Waals surface area contributed by atoms with Gasteiger partial charge in [-0.1, -0.05) is 36.4 Å². The maximum Gasteiger partial charge on any atom is 0.238 e. The lowest BCUT2D eigenvalue weighted by Gasteiger charge is -2.09. The monoisotopic (exact) mass is 323 g/mol. The number of hydrogen-bond donors (Lipinski definition) is 2. The number of nitrogens with two attached hydrogens (primary N) is 1. The van der Waals surface area contributed by atoms with Crippen molar-refractivity contribution < 1.29 is 9.53 Å². The molecule has 2 aromatic carbocycles. The van der Waals surface area contributed by atoms with Gasteiger partial charge in [-0.15, -0.1) is 0 Å². The maximum atomic E-state index is 11.9. The lowest BCUT2D eigenvalue weighted by molar-refractivity contribution is -0.120. The van der Waals surface area contributed by atoms with Crippen LogP contribution in [0.15, 0.2) is 48.5 Å². The van der Waals surface area contributed by atoms with E-state index in [4.69, 9.17) is 10.6 Å². The quantitative estimate of drug-likeness (QED) is 0.431. The second-order valence-electron chi connectivity index (χ2n) is 5.73. The Labute approximate surface area is 141 Å². The van der Waals surface area contributed by atoms with Gasteiger partial charge in [0, 0.05) is 17.6 Å². The van der Waals surface area contributed by atoms with Crippen molar-refractivity contribution in [1.82, 2.24) is 9.99 Å². The van der Waals surface area contributed by atoms with Crippen LogP contribution in [-0.4, -0.2) is 17.6 Å². The molecule has 0 bridgehead atoms. The van der Waals surface area contributed by atoms with Crippen molar-refractivity contribution in [3.05, 3.63) is 65.4 Å². The van der Waals surface area contributed by atoms with Crippen LogP contribution in [0, 0.1) is 6.92 Å². The molecule has 1 aromatic heterocycles. The van der Waals surface area contributed by atoms with Crippen molar-refractivity contribution in [3.63, 3.8) is 0 Å². The Morgan fingerprint density at radius 3 is 2.58 bits per heavy atom. The standard InChI is InChI=1S/C19H21N3O2/c1-13-15(11-18(23)21-20)19-16(9-6-10-17(19)24-2)22(13)12-14-7-4-3-5-8-14/h3-10H,11-12,20H2,1-2H3,(H,21,23). The van der Waals surface area contributed by atoms with Gasteiger partial charge in [-0.3, -0.25) is 10.2 Å². The van der Waals surface area contributed by atoms with Gasteiger partial charge in [0.2, 0.25) is 5.91 Å². The van der Waals surface area contributed by atoms with Crippen LogP contribution in [0.1, 0.15) is 16.8 Å². The van der Waals surface area contributed by atoms with Crippen LogP contribution in [0.2, 0.25) is 0 Å². The van der Waals surface area contributed by atoms with Crippen LogP contribution < -0.4 is 16.0 Å². The Morgan fingerprint density at radius 2 is 1.92 bits per heavy atom. The predicted molar refractivity (Wildman–Crippen MR) is 94.8 cm³/mol. The van der Waals surface area contributed by atoms with E-state index in [9.17, 15) is 4.79 Å². The molecule has 0 aliphatic carbocycles. The number of nitrogens with one attached hydrogen (secondary N) is 1. The van der Waals surface area contributed by atoms with Crippen LogP contribution in [0.3, 0.4) is 0 Å². The third kappa shape index (κ3) is 2.86. The van der Waals surface area contributed by atoms with Gasteiger partial charge in [0.25, 0.3) is 0 Å². The number of amides is 1. The minimum absolute atomic E-state index is 0.220. The van der Waals surface area contributed by atoms with E-state index < -0.39 is 0 Å². The first-order chi connectivity index (χ1) is 11.7. The second-order valence-corrected chi connectivity index (χ2v) is 5.73. The van der Waals surface area contributed by atoms with Crippen molar-refractivity contribution in [3.8, 4) is 5.75 Å². The molecular weight excluding hydrogens is 302 g/mol. The molecule has 124 valence electrons. The summed E-state index contributed by atoms with van der Waals surface area (Å²) in [5.74, 6) is 5.82. The fourth-order valence-corrected chi connectivity index (χ4v) is 3.14. The summed E-state index contributed by atoms with van der Waals surface area (Å²) in [6.45, 7) is 2.77. The maximum absolute atomic E-state index is 11.9. The molecule has 0 fully saturated rings. The molecule has 0 saturated carbocycles. The summed E-state index contributed by atoms with van der Waals surface area (Å²) in [6, 6.07) is 16.2. The molecule has 3 rings (SSSR count). The Hall–Kier alpha value is -2.79. The van der Waals surface area contributed by atoms with E-state index in [0.29, 0.717) is 0 Å². The summed E-state index contributed by atoms with van der Waals surface area (Å²) in [5.41, 5.74) is 6.46. The molecule has 24 heavy (non-hydrogen) atoms. The van der Waals surface area contributed by atoms with Crippen LogP contribution in [0.4, 0.5) is 0 Å². The van der Waals surface area contributed by atoms with Crippen molar-refractivity contribution >= 4 is 16.8 Å². The lowest BCUT2D eigenvalue weighted by atomic mass is 10.1.